The van der Waals surface area contributed by atoms with Crippen LogP contribution in [0.2, 0.25) is 5.02 Å². The fourth-order valence-electron chi connectivity index (χ4n) is 2.39. The summed E-state index contributed by atoms with van der Waals surface area (Å²) in [6.07, 6.45) is 2.63. The molecule has 0 amide bonds. The molecule has 4 heteroatoms. The minimum Gasteiger partial charge on any atom is -0.311 e. The summed E-state index contributed by atoms with van der Waals surface area (Å²) in [6, 6.07) is 5.44. The van der Waals surface area contributed by atoms with Gasteiger partial charge < -0.3 is 5.32 Å². The van der Waals surface area contributed by atoms with E-state index in [1.54, 1.807) is 12.1 Å². The minimum atomic E-state index is -0.356. The predicted octanol–water partition coefficient (Wildman–Crippen LogP) is 3.05. The summed E-state index contributed by atoms with van der Waals surface area (Å²) in [5, 5.41) is 3.60. The first-order valence-corrected chi connectivity index (χ1v) is 6.93. The van der Waals surface area contributed by atoms with Crippen LogP contribution in [0.15, 0.2) is 18.2 Å². The quantitative estimate of drug-likeness (QED) is 0.885. The highest BCUT2D eigenvalue weighted by molar-refractivity contribution is 6.30. The lowest BCUT2D eigenvalue weighted by atomic mass is 10.2. The van der Waals surface area contributed by atoms with Crippen molar-refractivity contribution in [2.24, 2.45) is 0 Å². The van der Waals surface area contributed by atoms with E-state index in [0.717, 1.165) is 18.7 Å². The van der Waals surface area contributed by atoms with Crippen molar-refractivity contribution >= 4 is 11.6 Å². The van der Waals surface area contributed by atoms with Crippen molar-refractivity contribution in [1.29, 1.82) is 0 Å². The van der Waals surface area contributed by atoms with Gasteiger partial charge in [0, 0.05) is 19.1 Å². The van der Waals surface area contributed by atoms with Gasteiger partial charge in [-0.05, 0) is 50.6 Å². The van der Waals surface area contributed by atoms with Gasteiger partial charge in [-0.15, -0.1) is 0 Å². The standard InChI is InChI=1S/C14H20ClFN2/c1-11(18-6-2-3-7-18)9-17-10-12-4-5-14(16)13(15)8-12/h4-5,8,11,17H,2-3,6-7,9-10H2,1H3. The molecule has 0 aliphatic carbocycles. The molecule has 1 aliphatic heterocycles. The summed E-state index contributed by atoms with van der Waals surface area (Å²) in [6.45, 7) is 6.36. The Balaban J connectivity index is 1.75. The highest BCUT2D eigenvalue weighted by Crippen LogP contribution is 2.16. The van der Waals surface area contributed by atoms with Crippen molar-refractivity contribution in [3.8, 4) is 0 Å². The van der Waals surface area contributed by atoms with Gasteiger partial charge in [0.1, 0.15) is 5.82 Å². The molecular weight excluding hydrogens is 251 g/mol. The van der Waals surface area contributed by atoms with Gasteiger partial charge in [0.2, 0.25) is 0 Å². The topological polar surface area (TPSA) is 15.3 Å². The molecule has 1 atom stereocenters. The average Bonchev–Trinajstić information content (AvgIpc) is 2.87. The lowest BCUT2D eigenvalue weighted by molar-refractivity contribution is 0.251. The van der Waals surface area contributed by atoms with Crippen LogP contribution >= 0.6 is 11.6 Å². The molecule has 0 spiro atoms. The molecule has 1 unspecified atom stereocenters. The molecule has 0 aromatic heterocycles. The Hall–Kier alpha value is -0.640. The second-order valence-electron chi connectivity index (χ2n) is 4.97. The first-order chi connectivity index (χ1) is 8.66. The Morgan fingerprint density at radius 3 is 2.78 bits per heavy atom. The van der Waals surface area contributed by atoms with Crippen LogP contribution in [-0.2, 0) is 6.54 Å². The summed E-state index contributed by atoms with van der Waals surface area (Å²) < 4.78 is 13.0. The summed E-state index contributed by atoms with van der Waals surface area (Å²) in [5.41, 5.74) is 1.02. The Morgan fingerprint density at radius 2 is 2.11 bits per heavy atom. The smallest absolute Gasteiger partial charge is 0.141 e. The summed E-state index contributed by atoms with van der Waals surface area (Å²) in [4.78, 5) is 2.50. The van der Waals surface area contributed by atoms with Crippen molar-refractivity contribution in [2.75, 3.05) is 19.6 Å². The number of nitrogens with one attached hydrogen (secondary N) is 1. The Morgan fingerprint density at radius 1 is 1.39 bits per heavy atom. The van der Waals surface area contributed by atoms with Crippen LogP contribution in [0.4, 0.5) is 4.39 Å². The molecule has 18 heavy (non-hydrogen) atoms. The third kappa shape index (κ3) is 3.67. The fourth-order valence-corrected chi connectivity index (χ4v) is 2.59. The van der Waals surface area contributed by atoms with E-state index in [0.29, 0.717) is 6.04 Å². The molecule has 1 heterocycles. The van der Waals surface area contributed by atoms with Crippen LogP contribution in [0, 0.1) is 5.82 Å². The van der Waals surface area contributed by atoms with E-state index in [9.17, 15) is 4.39 Å². The number of likely N-dealkylation sites (tertiary alicyclic amines) is 1. The predicted molar refractivity (Wildman–Crippen MR) is 73.4 cm³/mol. The van der Waals surface area contributed by atoms with Crippen molar-refractivity contribution in [1.82, 2.24) is 10.2 Å². The van der Waals surface area contributed by atoms with Gasteiger partial charge in [-0.25, -0.2) is 4.39 Å². The molecule has 2 rings (SSSR count). The van der Waals surface area contributed by atoms with Gasteiger partial charge in [-0.3, -0.25) is 4.90 Å². The molecule has 0 bridgehead atoms. The van der Waals surface area contributed by atoms with E-state index in [4.69, 9.17) is 11.6 Å². The Kier molecular flexibility index (Phi) is 4.98. The minimum absolute atomic E-state index is 0.196. The largest absolute Gasteiger partial charge is 0.311 e. The van der Waals surface area contributed by atoms with Crippen molar-refractivity contribution < 1.29 is 4.39 Å². The van der Waals surface area contributed by atoms with Crippen LogP contribution in [-0.4, -0.2) is 30.6 Å². The highest BCUT2D eigenvalue weighted by atomic mass is 35.5. The van der Waals surface area contributed by atoms with Gasteiger partial charge in [0.25, 0.3) is 0 Å². The third-order valence-corrected chi connectivity index (χ3v) is 3.81. The first-order valence-electron chi connectivity index (χ1n) is 6.55. The number of halogens is 2. The summed E-state index contributed by atoms with van der Waals surface area (Å²) in [7, 11) is 0. The number of rotatable bonds is 5. The molecule has 1 fully saturated rings. The SMILES string of the molecule is CC(CNCc1ccc(F)c(Cl)c1)N1CCCC1. The normalized spacial score (nSPS) is 18.2. The van der Waals surface area contributed by atoms with Gasteiger partial charge in [-0.1, -0.05) is 17.7 Å². The molecule has 1 aromatic rings. The summed E-state index contributed by atoms with van der Waals surface area (Å²) in [5.74, 6) is -0.356. The van der Waals surface area contributed by atoms with Crippen LogP contribution in [0.5, 0.6) is 0 Å². The Labute approximate surface area is 113 Å². The van der Waals surface area contributed by atoms with E-state index in [-0.39, 0.29) is 10.8 Å². The Bertz CT molecular complexity index is 391. The molecule has 2 nitrogen and oxygen atoms in total. The molecule has 1 saturated heterocycles. The second-order valence-corrected chi connectivity index (χ2v) is 5.38. The monoisotopic (exact) mass is 270 g/mol. The zero-order valence-corrected chi connectivity index (χ0v) is 11.5. The number of hydrogen-bond acceptors (Lipinski definition) is 2. The maximum Gasteiger partial charge on any atom is 0.141 e. The molecule has 1 N–H and O–H groups in total. The molecule has 1 aliphatic rings. The van der Waals surface area contributed by atoms with Gasteiger partial charge >= 0.3 is 0 Å². The average molecular weight is 271 g/mol. The highest BCUT2D eigenvalue weighted by Gasteiger charge is 2.17. The fraction of sp³-hybridized carbons (Fsp3) is 0.571. The number of benzene rings is 1. The number of nitrogens with zero attached hydrogens (tertiary/aromatic N) is 1. The van der Waals surface area contributed by atoms with Crippen LogP contribution < -0.4 is 5.32 Å². The van der Waals surface area contributed by atoms with E-state index in [1.165, 1.54) is 32.0 Å². The van der Waals surface area contributed by atoms with Gasteiger partial charge in [-0.2, -0.15) is 0 Å². The zero-order valence-electron chi connectivity index (χ0n) is 10.8. The maximum atomic E-state index is 13.0. The van der Waals surface area contributed by atoms with E-state index < -0.39 is 0 Å². The van der Waals surface area contributed by atoms with Crippen LogP contribution in [0.1, 0.15) is 25.3 Å². The molecule has 1 aromatic carbocycles. The third-order valence-electron chi connectivity index (χ3n) is 3.52. The maximum absolute atomic E-state index is 13.0. The molecule has 0 radical (unpaired) electrons. The first kappa shape index (κ1) is 13.8. The van der Waals surface area contributed by atoms with Crippen molar-refractivity contribution in [3.63, 3.8) is 0 Å². The van der Waals surface area contributed by atoms with Crippen LogP contribution in [0.25, 0.3) is 0 Å². The van der Waals surface area contributed by atoms with Gasteiger partial charge in [0.05, 0.1) is 5.02 Å². The van der Waals surface area contributed by atoms with Crippen LogP contribution in [0.3, 0.4) is 0 Å². The summed E-state index contributed by atoms with van der Waals surface area (Å²) >= 11 is 5.75. The number of hydrogen-bond donors (Lipinski definition) is 1. The van der Waals surface area contributed by atoms with Crippen molar-refractivity contribution in [2.45, 2.75) is 32.4 Å². The zero-order chi connectivity index (χ0) is 13.0. The van der Waals surface area contributed by atoms with E-state index in [2.05, 4.69) is 17.1 Å². The van der Waals surface area contributed by atoms with E-state index in [1.807, 2.05) is 0 Å². The lowest BCUT2D eigenvalue weighted by Crippen LogP contribution is -2.38. The molecule has 0 saturated carbocycles. The van der Waals surface area contributed by atoms with E-state index >= 15 is 0 Å². The lowest BCUT2D eigenvalue weighted by Gasteiger charge is -2.24. The molecular formula is C14H20ClFN2. The van der Waals surface area contributed by atoms with Crippen molar-refractivity contribution in [3.05, 3.63) is 34.6 Å². The second kappa shape index (κ2) is 6.50. The van der Waals surface area contributed by atoms with Gasteiger partial charge in [0.15, 0.2) is 0 Å². The molecule has 100 valence electrons.